The van der Waals surface area contributed by atoms with Gasteiger partial charge in [-0.1, -0.05) is 96.8 Å². The van der Waals surface area contributed by atoms with Crippen molar-refractivity contribution in [2.75, 3.05) is 65.7 Å². The summed E-state index contributed by atoms with van der Waals surface area (Å²) < 4.78 is 11.3. The minimum Gasteiger partial charge on any atom is -0.379 e. The van der Waals surface area contributed by atoms with E-state index in [1.807, 2.05) is 82.9 Å². The molecule has 6 heterocycles. The molecular formula is C52H54N8O4. The highest BCUT2D eigenvalue weighted by Crippen LogP contribution is 2.37. The van der Waals surface area contributed by atoms with Crippen LogP contribution in [-0.2, 0) is 19.1 Å². The molecule has 2 N–H and O–H groups in total. The first-order chi connectivity index (χ1) is 31.6. The first-order valence-corrected chi connectivity index (χ1v) is 22.7. The van der Waals surface area contributed by atoms with Gasteiger partial charge in [-0.25, -0.2) is 9.97 Å². The van der Waals surface area contributed by atoms with Crippen molar-refractivity contribution in [2.45, 2.75) is 49.9 Å². The Morgan fingerprint density at radius 3 is 1.31 bits per heavy atom. The van der Waals surface area contributed by atoms with Crippen molar-refractivity contribution in [3.05, 3.63) is 155 Å². The Hall–Kier alpha value is -6.36. The van der Waals surface area contributed by atoms with Crippen LogP contribution in [0.5, 0.6) is 0 Å². The van der Waals surface area contributed by atoms with Gasteiger partial charge in [0, 0.05) is 50.4 Å². The van der Waals surface area contributed by atoms with Crippen molar-refractivity contribution >= 4 is 11.8 Å². The van der Waals surface area contributed by atoms with Crippen LogP contribution in [0.3, 0.4) is 0 Å². The number of hydrogen-bond donors (Lipinski definition) is 2. The lowest BCUT2D eigenvalue weighted by Gasteiger charge is -2.37. The van der Waals surface area contributed by atoms with Gasteiger partial charge in [0.2, 0.25) is 11.8 Å². The van der Waals surface area contributed by atoms with Crippen LogP contribution in [0, 0.1) is 11.8 Å². The highest BCUT2D eigenvalue weighted by molar-refractivity contribution is 5.85. The molecule has 2 amide bonds. The zero-order valence-corrected chi connectivity index (χ0v) is 36.1. The largest absolute Gasteiger partial charge is 0.379 e. The number of carbonyl (C=O) groups excluding carboxylic acids is 2. The first-order valence-electron chi connectivity index (χ1n) is 22.7. The predicted octanol–water partition coefficient (Wildman–Crippen LogP) is 7.34. The molecule has 10 rings (SSSR count). The van der Waals surface area contributed by atoms with E-state index >= 15 is 0 Å². The van der Waals surface area contributed by atoms with E-state index in [9.17, 15) is 9.59 Å². The highest BCUT2D eigenvalue weighted by atomic mass is 16.5. The molecule has 6 aromatic rings. The third-order valence-corrected chi connectivity index (χ3v) is 13.2. The van der Waals surface area contributed by atoms with Crippen molar-refractivity contribution in [1.29, 1.82) is 0 Å². The second kappa shape index (κ2) is 19.2. The molecule has 4 atom stereocenters. The van der Waals surface area contributed by atoms with E-state index in [1.165, 1.54) is 0 Å². The van der Waals surface area contributed by atoms with Gasteiger partial charge in [0.05, 0.1) is 62.3 Å². The van der Waals surface area contributed by atoms with E-state index < -0.39 is 0 Å². The summed E-state index contributed by atoms with van der Waals surface area (Å²) in [6, 6.07) is 35.7. The van der Waals surface area contributed by atoms with Crippen molar-refractivity contribution in [3.63, 3.8) is 0 Å². The van der Waals surface area contributed by atoms with Crippen LogP contribution in [0.25, 0.3) is 22.5 Å². The van der Waals surface area contributed by atoms with E-state index in [2.05, 4.69) is 80.1 Å². The van der Waals surface area contributed by atoms with E-state index in [-0.39, 0.29) is 36.0 Å². The van der Waals surface area contributed by atoms with Crippen molar-refractivity contribution in [3.8, 4) is 34.4 Å². The number of aromatic nitrogens is 4. The van der Waals surface area contributed by atoms with Crippen molar-refractivity contribution < 1.29 is 19.1 Å². The molecule has 4 aliphatic heterocycles. The smallest absolute Gasteiger partial charge is 0.245 e. The Kier molecular flexibility index (Phi) is 12.5. The number of nitrogens with zero attached hydrogens (tertiary/aromatic N) is 6. The molecule has 0 radical (unpaired) electrons. The molecule has 1 unspecified atom stereocenters. The van der Waals surface area contributed by atoms with Gasteiger partial charge >= 0.3 is 0 Å². The lowest BCUT2D eigenvalue weighted by atomic mass is 10.0. The molecule has 0 bridgehead atoms. The number of rotatable bonds is 10. The zero-order valence-electron chi connectivity index (χ0n) is 36.1. The van der Waals surface area contributed by atoms with Gasteiger partial charge in [-0.05, 0) is 72.2 Å². The second-order valence-electron chi connectivity index (χ2n) is 17.1. The van der Waals surface area contributed by atoms with Gasteiger partial charge in [-0.3, -0.25) is 19.4 Å². The summed E-state index contributed by atoms with van der Waals surface area (Å²) in [7, 11) is 0. The molecule has 0 aliphatic carbocycles. The maximum atomic E-state index is 14.3. The molecule has 0 saturated carbocycles. The Labute approximate surface area is 374 Å². The Balaban J connectivity index is 0.780. The van der Waals surface area contributed by atoms with Gasteiger partial charge in [-0.15, -0.1) is 0 Å². The number of ether oxygens (including phenoxy) is 2. The fraction of sp³-hybridized carbons (Fsp3) is 0.346. The van der Waals surface area contributed by atoms with Crippen LogP contribution in [0.4, 0.5) is 0 Å². The number of amides is 2. The fourth-order valence-corrected chi connectivity index (χ4v) is 9.82. The van der Waals surface area contributed by atoms with Crippen LogP contribution >= 0.6 is 0 Å². The number of hydrogen-bond acceptors (Lipinski definition) is 8. The zero-order chi connectivity index (χ0) is 43.2. The first kappa shape index (κ1) is 41.6. The van der Waals surface area contributed by atoms with Gasteiger partial charge in [0.1, 0.15) is 23.7 Å². The number of benzene rings is 4. The maximum absolute atomic E-state index is 14.3. The summed E-state index contributed by atoms with van der Waals surface area (Å²) in [5.41, 5.74) is 7.70. The van der Waals surface area contributed by atoms with Crippen molar-refractivity contribution in [1.82, 2.24) is 39.5 Å². The van der Waals surface area contributed by atoms with Gasteiger partial charge in [0.25, 0.3) is 0 Å². The quantitative estimate of drug-likeness (QED) is 0.137. The van der Waals surface area contributed by atoms with Crippen LogP contribution in [-0.4, -0.2) is 117 Å². The number of carbonyl (C=O) groups is 2. The summed E-state index contributed by atoms with van der Waals surface area (Å²) in [6.45, 7) is 6.86. The average Bonchev–Trinajstić information content (AvgIpc) is 4.21. The van der Waals surface area contributed by atoms with Crippen LogP contribution in [0.1, 0.15) is 83.8 Å². The lowest BCUT2D eigenvalue weighted by Crippen LogP contribution is -2.47. The minimum atomic E-state index is -0.343. The van der Waals surface area contributed by atoms with Crippen LogP contribution < -0.4 is 0 Å². The number of likely N-dealkylation sites (tertiary alicyclic amines) is 2. The third-order valence-electron chi connectivity index (χ3n) is 13.2. The van der Waals surface area contributed by atoms with E-state index in [0.29, 0.717) is 39.5 Å². The van der Waals surface area contributed by atoms with Crippen LogP contribution in [0.15, 0.2) is 122 Å². The lowest BCUT2D eigenvalue weighted by molar-refractivity contribution is -0.141. The third kappa shape index (κ3) is 8.90. The normalized spacial score (nSPS) is 20.4. The van der Waals surface area contributed by atoms with E-state index in [4.69, 9.17) is 19.4 Å². The molecule has 12 nitrogen and oxygen atoms in total. The number of morpholine rings is 2. The molecule has 64 heavy (non-hydrogen) atoms. The molecule has 4 saturated heterocycles. The number of aromatic amines is 2. The molecular weight excluding hydrogens is 801 g/mol. The minimum absolute atomic E-state index is 0.104. The average molecular weight is 855 g/mol. The summed E-state index contributed by atoms with van der Waals surface area (Å²) in [6.07, 6.45) is 7.35. The summed E-state index contributed by atoms with van der Waals surface area (Å²) in [5, 5.41) is 0. The Morgan fingerprint density at radius 2 is 0.922 bits per heavy atom. The van der Waals surface area contributed by atoms with E-state index in [1.54, 1.807) is 0 Å². The SMILES string of the molecule is O=C([C@@H](c1ccccc1)N1CCOCC1)N1CCCC1c1ncc(-c2ccc(C#Cc3ccc(-c4cnc([C@@H]5CCCN5C(=O)[C@@H](c5ccccc5)N5CCOCC5)[nH]4)cc3)cc2)[nH]1. The number of H-pyrrole nitrogens is 2. The highest BCUT2D eigenvalue weighted by Gasteiger charge is 2.40. The molecule has 326 valence electrons. The Bertz CT molecular complexity index is 2390. The van der Waals surface area contributed by atoms with Gasteiger partial charge in [-0.2, -0.15) is 0 Å². The summed E-state index contributed by atoms with van der Waals surface area (Å²) >= 11 is 0. The predicted molar refractivity (Wildman–Crippen MR) is 245 cm³/mol. The van der Waals surface area contributed by atoms with Crippen molar-refractivity contribution in [2.24, 2.45) is 0 Å². The second-order valence-corrected chi connectivity index (χ2v) is 17.1. The molecule has 4 aromatic carbocycles. The maximum Gasteiger partial charge on any atom is 0.245 e. The molecule has 4 aliphatic rings. The van der Waals surface area contributed by atoms with E-state index in [0.717, 1.165) is 108 Å². The molecule has 0 spiro atoms. The number of imidazole rings is 2. The fourth-order valence-electron chi connectivity index (χ4n) is 9.82. The standard InChI is InChI=1S/C52H54N8O4/c61-51(47(41-9-3-1-4-10-41)57-27-31-63-32-28-57)59-25-7-13-45(59)49-53-35-43(55-49)39-21-17-37(18-22-39)15-16-38-19-23-40(24-20-38)44-36-54-50(56-44)46-14-8-26-60(46)52(62)48(42-11-5-2-6-12-42)58-29-33-64-34-30-58/h1-6,9-12,17-24,35-36,45-48H,7-8,13-14,25-34H2,(H,53,55)(H,54,56)/t45-,46?,47+,48+/m0/s1. The Morgan fingerprint density at radius 1 is 0.531 bits per heavy atom. The molecule has 4 fully saturated rings. The molecule has 12 heteroatoms. The van der Waals surface area contributed by atoms with Gasteiger partial charge in [0.15, 0.2) is 0 Å². The topological polar surface area (TPSA) is 123 Å². The van der Waals surface area contributed by atoms with Gasteiger partial charge < -0.3 is 29.2 Å². The summed E-state index contributed by atoms with van der Waals surface area (Å²) in [4.78, 5) is 53.9. The monoisotopic (exact) mass is 854 g/mol. The summed E-state index contributed by atoms with van der Waals surface area (Å²) in [5.74, 6) is 8.53. The molecule has 2 aromatic heterocycles. The van der Waals surface area contributed by atoms with Crippen LogP contribution in [0.2, 0.25) is 0 Å². The number of nitrogens with one attached hydrogen (secondary N) is 2.